The van der Waals surface area contributed by atoms with E-state index in [0.29, 0.717) is 0 Å². The van der Waals surface area contributed by atoms with Crippen molar-refractivity contribution in [3.05, 3.63) is 34.2 Å². The zero-order valence-corrected chi connectivity index (χ0v) is 13.2. The normalized spacial score (nSPS) is 20.5. The number of benzene rings is 1. The van der Waals surface area contributed by atoms with Crippen LogP contribution in [0.1, 0.15) is 12.8 Å². The average Bonchev–Trinajstić information content (AvgIpc) is 2.95. The van der Waals surface area contributed by atoms with E-state index in [1.807, 2.05) is 0 Å². The molecule has 0 unspecified atom stereocenters. The second-order valence-corrected chi connectivity index (χ2v) is 5.81. The maximum atomic E-state index is 14.5. The molecule has 0 spiro atoms. The van der Waals surface area contributed by atoms with E-state index in [4.69, 9.17) is 10.3 Å². The Hall–Kier alpha value is -2.87. The minimum absolute atomic E-state index is 0.0280. The van der Waals surface area contributed by atoms with Crippen LogP contribution in [-0.2, 0) is 9.53 Å². The highest BCUT2D eigenvalue weighted by molar-refractivity contribution is 5.90. The first-order valence-electron chi connectivity index (χ1n) is 7.74. The van der Waals surface area contributed by atoms with Gasteiger partial charge in [-0.1, -0.05) is 5.11 Å². The number of halogens is 2. The van der Waals surface area contributed by atoms with Crippen LogP contribution in [0, 0.1) is 11.6 Å². The molecule has 2 fully saturated rings. The van der Waals surface area contributed by atoms with E-state index in [-0.39, 0.29) is 56.2 Å². The van der Waals surface area contributed by atoms with Crippen LogP contribution in [0.4, 0.5) is 25.0 Å². The summed E-state index contributed by atoms with van der Waals surface area (Å²) in [5.74, 6) is -1.55. The van der Waals surface area contributed by atoms with Gasteiger partial charge in [-0.25, -0.2) is 13.6 Å². The predicted octanol–water partition coefficient (Wildman–Crippen LogP) is 2.77. The summed E-state index contributed by atoms with van der Waals surface area (Å²) in [6.07, 6.45) is -0.920. The van der Waals surface area contributed by atoms with Gasteiger partial charge in [0.05, 0.1) is 18.8 Å². The van der Waals surface area contributed by atoms with E-state index < -0.39 is 23.8 Å². The van der Waals surface area contributed by atoms with Crippen LogP contribution in [-0.4, -0.2) is 44.2 Å². The number of hydrogen-bond acceptors (Lipinski definition) is 5. The molecule has 1 aromatic carbocycles. The molecule has 2 aliphatic rings. The molecule has 25 heavy (non-hydrogen) atoms. The summed E-state index contributed by atoms with van der Waals surface area (Å²) >= 11 is 0. The van der Waals surface area contributed by atoms with Crippen molar-refractivity contribution in [3.63, 3.8) is 0 Å². The molecule has 1 amide bonds. The third-order valence-corrected chi connectivity index (χ3v) is 4.17. The molecule has 8 nitrogen and oxygen atoms in total. The molecule has 3 rings (SSSR count). The van der Waals surface area contributed by atoms with Crippen molar-refractivity contribution < 1.29 is 23.1 Å². The molecule has 2 heterocycles. The number of ether oxygens (including phenoxy) is 1. The fraction of sp³-hybridized carbons (Fsp3) is 0.467. The highest BCUT2D eigenvalue weighted by Crippen LogP contribution is 2.32. The summed E-state index contributed by atoms with van der Waals surface area (Å²) in [7, 11) is 0. The van der Waals surface area contributed by atoms with Gasteiger partial charge in [-0.05, 0) is 5.53 Å². The molecule has 132 valence electrons. The van der Waals surface area contributed by atoms with Gasteiger partial charge in [0.1, 0.15) is 17.6 Å². The summed E-state index contributed by atoms with van der Waals surface area (Å²) in [6, 6.07) is 2.12. The first kappa shape index (κ1) is 17.0. The predicted molar refractivity (Wildman–Crippen MR) is 84.4 cm³/mol. The molecule has 0 N–H and O–H groups in total. The highest BCUT2D eigenvalue weighted by Gasteiger charge is 2.33. The lowest BCUT2D eigenvalue weighted by Crippen LogP contribution is -2.35. The lowest BCUT2D eigenvalue weighted by atomic mass is 10.1. The van der Waals surface area contributed by atoms with Crippen molar-refractivity contribution >= 4 is 23.3 Å². The van der Waals surface area contributed by atoms with Crippen molar-refractivity contribution in [3.8, 4) is 0 Å². The number of rotatable bonds is 4. The van der Waals surface area contributed by atoms with Crippen LogP contribution in [0.25, 0.3) is 10.4 Å². The van der Waals surface area contributed by atoms with Crippen molar-refractivity contribution in [2.24, 2.45) is 5.11 Å². The Morgan fingerprint density at radius 2 is 1.88 bits per heavy atom. The van der Waals surface area contributed by atoms with Gasteiger partial charge < -0.3 is 9.64 Å². The SMILES string of the molecule is [N-]=[N+]=NC[C@H]1CN(c2cc(F)c(N3CCC(=O)CC3)c(F)c2)C(=O)O1. The summed E-state index contributed by atoms with van der Waals surface area (Å²) in [4.78, 5) is 28.3. The highest BCUT2D eigenvalue weighted by atomic mass is 19.1. The number of anilines is 2. The Balaban J connectivity index is 1.81. The Morgan fingerprint density at radius 3 is 2.48 bits per heavy atom. The van der Waals surface area contributed by atoms with Gasteiger partial charge in [0, 0.05) is 43.0 Å². The number of hydrogen-bond donors (Lipinski definition) is 0. The lowest BCUT2D eigenvalue weighted by Gasteiger charge is -2.29. The zero-order chi connectivity index (χ0) is 18.0. The molecular weight excluding hydrogens is 336 g/mol. The number of nitrogens with zero attached hydrogens (tertiary/aromatic N) is 5. The quantitative estimate of drug-likeness (QED) is 0.473. The second kappa shape index (κ2) is 6.94. The van der Waals surface area contributed by atoms with Gasteiger partial charge in [-0.3, -0.25) is 9.69 Å². The van der Waals surface area contributed by atoms with Gasteiger partial charge in [0.2, 0.25) is 0 Å². The standard InChI is InChI=1S/C15H15F2N5O3/c16-12-5-9(22-8-11(7-19-20-18)25-15(22)24)6-13(17)14(12)21-3-1-10(23)2-4-21/h5-6,11H,1-4,7-8H2/t11-/m0/s1. The number of amides is 1. The molecule has 1 atom stereocenters. The molecule has 0 saturated carbocycles. The maximum absolute atomic E-state index is 14.5. The van der Waals surface area contributed by atoms with E-state index in [9.17, 15) is 18.4 Å². The fourth-order valence-corrected chi connectivity index (χ4v) is 2.94. The molecule has 2 aliphatic heterocycles. The third-order valence-electron chi connectivity index (χ3n) is 4.17. The smallest absolute Gasteiger partial charge is 0.414 e. The van der Waals surface area contributed by atoms with E-state index >= 15 is 0 Å². The Labute approximate surface area is 141 Å². The molecule has 10 heteroatoms. The number of carbonyl (C=O) groups is 2. The largest absolute Gasteiger partial charge is 0.444 e. The monoisotopic (exact) mass is 351 g/mol. The molecule has 0 aliphatic carbocycles. The van der Waals surface area contributed by atoms with Crippen LogP contribution < -0.4 is 9.80 Å². The van der Waals surface area contributed by atoms with Crippen molar-refractivity contribution in [2.75, 3.05) is 36.0 Å². The zero-order valence-electron chi connectivity index (χ0n) is 13.2. The molecule has 0 radical (unpaired) electrons. The molecule has 1 aromatic rings. The van der Waals surface area contributed by atoms with Crippen molar-refractivity contribution in [2.45, 2.75) is 18.9 Å². The summed E-state index contributed by atoms with van der Waals surface area (Å²) in [5.41, 5.74) is 8.13. The van der Waals surface area contributed by atoms with Gasteiger partial charge >= 0.3 is 6.09 Å². The number of cyclic esters (lactones) is 1. The van der Waals surface area contributed by atoms with Crippen LogP contribution in [0.5, 0.6) is 0 Å². The number of azide groups is 1. The van der Waals surface area contributed by atoms with Crippen molar-refractivity contribution in [1.29, 1.82) is 0 Å². The number of piperidine rings is 1. The van der Waals surface area contributed by atoms with Crippen molar-refractivity contribution in [1.82, 2.24) is 0 Å². The number of Topliss-reactive ketones (excluding diaryl/α,β-unsaturated/α-hetero) is 1. The van der Waals surface area contributed by atoms with Gasteiger partial charge in [0.25, 0.3) is 0 Å². The summed E-state index contributed by atoms with van der Waals surface area (Å²) < 4.78 is 33.9. The van der Waals surface area contributed by atoms with Crippen LogP contribution >= 0.6 is 0 Å². The van der Waals surface area contributed by atoms with Crippen LogP contribution in [0.2, 0.25) is 0 Å². The van der Waals surface area contributed by atoms with E-state index in [1.54, 1.807) is 0 Å². The third kappa shape index (κ3) is 3.48. The molecule has 0 aromatic heterocycles. The minimum Gasteiger partial charge on any atom is -0.444 e. The Morgan fingerprint density at radius 1 is 1.24 bits per heavy atom. The Kier molecular flexibility index (Phi) is 4.71. The lowest BCUT2D eigenvalue weighted by molar-refractivity contribution is -0.119. The molecule has 0 bridgehead atoms. The number of carbonyl (C=O) groups excluding carboxylic acids is 2. The van der Waals surface area contributed by atoms with E-state index in [2.05, 4.69) is 10.0 Å². The van der Waals surface area contributed by atoms with Gasteiger partial charge in [0.15, 0.2) is 11.6 Å². The van der Waals surface area contributed by atoms with Gasteiger partial charge in [-0.15, -0.1) is 0 Å². The van der Waals surface area contributed by atoms with Crippen LogP contribution in [0.3, 0.4) is 0 Å². The summed E-state index contributed by atoms with van der Waals surface area (Å²) in [5, 5.41) is 3.33. The average molecular weight is 351 g/mol. The number of ketones is 1. The van der Waals surface area contributed by atoms with E-state index in [1.165, 1.54) is 4.90 Å². The summed E-state index contributed by atoms with van der Waals surface area (Å²) in [6.45, 7) is 0.496. The Bertz CT molecular complexity index is 733. The first-order valence-corrected chi connectivity index (χ1v) is 7.74. The topological polar surface area (TPSA) is 98.6 Å². The minimum atomic E-state index is -0.810. The van der Waals surface area contributed by atoms with Gasteiger partial charge in [-0.2, -0.15) is 0 Å². The molecule has 2 saturated heterocycles. The van der Waals surface area contributed by atoms with Crippen LogP contribution in [0.15, 0.2) is 17.2 Å². The van der Waals surface area contributed by atoms with E-state index in [0.717, 1.165) is 17.0 Å². The maximum Gasteiger partial charge on any atom is 0.414 e. The molecular formula is C15H15F2N5O3. The first-order chi connectivity index (χ1) is 12.0. The second-order valence-electron chi connectivity index (χ2n) is 5.81. The fourth-order valence-electron chi connectivity index (χ4n) is 2.94.